The second-order valence-electron chi connectivity index (χ2n) is 25.6. The molecule has 2 unspecified atom stereocenters. The third-order valence-electron chi connectivity index (χ3n) is 17.5. The summed E-state index contributed by atoms with van der Waals surface area (Å²) < 4.78 is 5.51. The lowest BCUT2D eigenvalue weighted by atomic mass is 10.0. The van der Waals surface area contributed by atoms with Gasteiger partial charge in [-0.05, 0) is 57.8 Å². The molecular weight excluding hydrogens is 995 g/mol. The number of hydrogen-bond acceptors (Lipinski definition) is 5. The summed E-state index contributed by atoms with van der Waals surface area (Å²) in [4.78, 5) is 24.6. The molecule has 6 heteroatoms. The van der Waals surface area contributed by atoms with Crippen molar-refractivity contribution in [2.45, 2.75) is 431 Å². The number of amides is 1. The van der Waals surface area contributed by atoms with Crippen LogP contribution in [0.3, 0.4) is 0 Å². The Balaban J connectivity index is 3.33. The second-order valence-corrected chi connectivity index (χ2v) is 25.6. The summed E-state index contributed by atoms with van der Waals surface area (Å²) in [6, 6.07) is -0.625. The number of ether oxygens (including phenoxy) is 1. The lowest BCUT2D eigenvalue weighted by molar-refractivity contribution is -0.143. The van der Waals surface area contributed by atoms with Gasteiger partial charge in [-0.1, -0.05) is 372 Å². The molecule has 480 valence electrons. The van der Waals surface area contributed by atoms with Crippen LogP contribution >= 0.6 is 0 Å². The van der Waals surface area contributed by atoms with Crippen LogP contribution in [0.5, 0.6) is 0 Å². The standard InChI is InChI=1S/C75H145NO5/c1-3-5-7-9-11-13-15-17-19-21-37-41-45-49-53-57-61-65-69-75(80)81-70-66-62-58-54-50-46-42-38-35-33-31-29-27-25-23-22-24-26-28-30-32-34-36-40-44-48-52-56-60-64-68-74(79)76-72(71-77)73(78)67-63-59-55-51-47-43-39-20-18-16-14-12-10-8-6-4-2/h19,21,63,67,72-73,77-78H,3-18,20,22-62,64-66,68-71H2,1-2H3,(H,76,79)/b21-19-,67-63+. The van der Waals surface area contributed by atoms with Crippen LogP contribution in [0.15, 0.2) is 24.3 Å². The molecule has 0 saturated carbocycles. The van der Waals surface area contributed by atoms with Crippen LogP contribution in [-0.2, 0) is 14.3 Å². The Labute approximate surface area is 507 Å². The zero-order valence-electron chi connectivity index (χ0n) is 55.0. The molecule has 3 N–H and O–H groups in total. The van der Waals surface area contributed by atoms with Gasteiger partial charge in [0.15, 0.2) is 0 Å². The molecule has 0 aliphatic carbocycles. The maximum Gasteiger partial charge on any atom is 0.305 e. The first kappa shape index (κ1) is 79.3. The Morgan fingerprint density at radius 2 is 0.580 bits per heavy atom. The molecule has 0 heterocycles. The van der Waals surface area contributed by atoms with Gasteiger partial charge in [0.25, 0.3) is 0 Å². The van der Waals surface area contributed by atoms with Crippen LogP contribution < -0.4 is 5.32 Å². The van der Waals surface area contributed by atoms with Crippen LogP contribution in [-0.4, -0.2) is 47.4 Å². The second kappa shape index (κ2) is 70.8. The summed E-state index contributed by atoms with van der Waals surface area (Å²) >= 11 is 0. The average molecular weight is 1140 g/mol. The average Bonchev–Trinajstić information content (AvgIpc) is 3.47. The summed E-state index contributed by atoms with van der Waals surface area (Å²) in [5.41, 5.74) is 0. The van der Waals surface area contributed by atoms with E-state index in [1.807, 2.05) is 6.08 Å². The van der Waals surface area contributed by atoms with Crippen molar-refractivity contribution in [3.63, 3.8) is 0 Å². The minimum atomic E-state index is -0.841. The zero-order valence-corrected chi connectivity index (χ0v) is 55.0. The van der Waals surface area contributed by atoms with Crippen LogP contribution in [0.2, 0.25) is 0 Å². The fourth-order valence-electron chi connectivity index (χ4n) is 11.8. The van der Waals surface area contributed by atoms with Gasteiger partial charge in [-0.2, -0.15) is 0 Å². The SMILES string of the molecule is CCCCCCCCC/C=C\CCCCCCCCCC(=O)OCCCCCCCCCCCCCCCCCCCCCCCCCCCCCCCCC(=O)NC(CO)C(O)/C=C/CCCCCCCCCCCCCCCC. The number of rotatable bonds is 70. The van der Waals surface area contributed by atoms with E-state index in [0.29, 0.717) is 19.4 Å². The highest BCUT2D eigenvalue weighted by atomic mass is 16.5. The van der Waals surface area contributed by atoms with Gasteiger partial charge in [-0.25, -0.2) is 0 Å². The number of nitrogens with one attached hydrogen (secondary N) is 1. The maximum absolute atomic E-state index is 12.5. The van der Waals surface area contributed by atoms with Gasteiger partial charge in [0.2, 0.25) is 5.91 Å². The lowest BCUT2D eigenvalue weighted by Crippen LogP contribution is -2.45. The molecule has 1 amide bonds. The van der Waals surface area contributed by atoms with Crippen molar-refractivity contribution in [1.82, 2.24) is 5.32 Å². The highest BCUT2D eigenvalue weighted by Crippen LogP contribution is 2.19. The van der Waals surface area contributed by atoms with Crippen LogP contribution in [0, 0.1) is 0 Å². The molecule has 81 heavy (non-hydrogen) atoms. The monoisotopic (exact) mass is 1140 g/mol. The summed E-state index contributed by atoms with van der Waals surface area (Å²) in [6.07, 6.45) is 89.9. The van der Waals surface area contributed by atoms with E-state index in [1.165, 1.54) is 347 Å². The molecule has 0 fully saturated rings. The molecule has 0 aromatic heterocycles. The molecule has 0 aliphatic rings. The van der Waals surface area contributed by atoms with E-state index in [-0.39, 0.29) is 18.5 Å². The Hall–Kier alpha value is -1.66. The van der Waals surface area contributed by atoms with Crippen molar-refractivity contribution < 1.29 is 24.5 Å². The first-order valence-electron chi connectivity index (χ1n) is 37.1. The number of aliphatic hydroxyl groups excluding tert-OH is 2. The predicted octanol–water partition coefficient (Wildman–Crippen LogP) is 24.1. The van der Waals surface area contributed by atoms with E-state index in [9.17, 15) is 19.8 Å². The summed E-state index contributed by atoms with van der Waals surface area (Å²) in [6.45, 7) is 4.94. The normalized spacial score (nSPS) is 12.6. The van der Waals surface area contributed by atoms with E-state index >= 15 is 0 Å². The molecule has 6 nitrogen and oxygen atoms in total. The third kappa shape index (κ3) is 67.3. The minimum absolute atomic E-state index is 0.0177. The van der Waals surface area contributed by atoms with Gasteiger partial charge >= 0.3 is 5.97 Å². The van der Waals surface area contributed by atoms with Crippen LogP contribution in [0.4, 0.5) is 0 Å². The molecule has 2 atom stereocenters. The smallest absolute Gasteiger partial charge is 0.305 e. The zero-order chi connectivity index (χ0) is 58.5. The van der Waals surface area contributed by atoms with E-state index in [0.717, 1.165) is 44.9 Å². The van der Waals surface area contributed by atoms with Crippen LogP contribution in [0.25, 0.3) is 0 Å². The molecule has 0 bridgehead atoms. The fraction of sp³-hybridized carbons (Fsp3) is 0.920. The van der Waals surface area contributed by atoms with Crippen molar-refractivity contribution >= 4 is 11.9 Å². The molecule has 0 aliphatic heterocycles. The lowest BCUT2D eigenvalue weighted by Gasteiger charge is -2.20. The molecule has 0 spiro atoms. The molecule has 0 rings (SSSR count). The first-order valence-corrected chi connectivity index (χ1v) is 37.1. The number of unbranched alkanes of at least 4 members (excludes halogenated alkanes) is 57. The van der Waals surface area contributed by atoms with Crippen molar-refractivity contribution in [3.05, 3.63) is 24.3 Å². The number of aliphatic hydroxyl groups is 2. The molecule has 0 saturated heterocycles. The van der Waals surface area contributed by atoms with E-state index in [1.54, 1.807) is 6.08 Å². The summed E-state index contributed by atoms with van der Waals surface area (Å²) in [5, 5.41) is 23.2. The van der Waals surface area contributed by atoms with Gasteiger partial charge in [0.05, 0.1) is 25.4 Å². The number of esters is 1. The number of carbonyl (C=O) groups is 2. The van der Waals surface area contributed by atoms with Crippen LogP contribution in [0.1, 0.15) is 418 Å². The van der Waals surface area contributed by atoms with E-state index < -0.39 is 12.1 Å². The highest BCUT2D eigenvalue weighted by Gasteiger charge is 2.18. The van der Waals surface area contributed by atoms with Gasteiger partial charge in [-0.3, -0.25) is 9.59 Å². The molecule has 0 radical (unpaired) electrons. The quantitative estimate of drug-likeness (QED) is 0.0320. The maximum atomic E-state index is 12.5. The number of hydrogen-bond donors (Lipinski definition) is 3. The van der Waals surface area contributed by atoms with Crippen molar-refractivity contribution in [3.8, 4) is 0 Å². The molecule has 0 aromatic carbocycles. The Morgan fingerprint density at radius 1 is 0.333 bits per heavy atom. The molecular formula is C75H145NO5. The minimum Gasteiger partial charge on any atom is -0.466 e. The van der Waals surface area contributed by atoms with Gasteiger partial charge in [-0.15, -0.1) is 0 Å². The Kier molecular flexibility index (Phi) is 69.4. The number of allylic oxidation sites excluding steroid dienone is 3. The summed E-state index contributed by atoms with van der Waals surface area (Å²) in [5.74, 6) is -0.0433. The van der Waals surface area contributed by atoms with Gasteiger partial charge in [0.1, 0.15) is 0 Å². The fourth-order valence-corrected chi connectivity index (χ4v) is 11.8. The largest absolute Gasteiger partial charge is 0.466 e. The number of carbonyl (C=O) groups excluding carboxylic acids is 2. The topological polar surface area (TPSA) is 95.9 Å². The van der Waals surface area contributed by atoms with Crippen molar-refractivity contribution in [2.24, 2.45) is 0 Å². The summed E-state index contributed by atoms with van der Waals surface area (Å²) in [7, 11) is 0. The van der Waals surface area contributed by atoms with E-state index in [4.69, 9.17) is 4.74 Å². The Bertz CT molecular complexity index is 1270. The van der Waals surface area contributed by atoms with Crippen molar-refractivity contribution in [1.29, 1.82) is 0 Å². The highest BCUT2D eigenvalue weighted by molar-refractivity contribution is 5.76. The molecule has 0 aromatic rings. The van der Waals surface area contributed by atoms with Gasteiger partial charge < -0.3 is 20.3 Å². The predicted molar refractivity (Wildman–Crippen MR) is 356 cm³/mol. The first-order chi connectivity index (χ1) is 40.0. The van der Waals surface area contributed by atoms with E-state index in [2.05, 4.69) is 31.3 Å². The Morgan fingerprint density at radius 3 is 0.877 bits per heavy atom. The van der Waals surface area contributed by atoms with Crippen molar-refractivity contribution in [2.75, 3.05) is 13.2 Å². The van der Waals surface area contributed by atoms with Gasteiger partial charge in [0, 0.05) is 12.8 Å². The third-order valence-corrected chi connectivity index (χ3v) is 17.5.